The van der Waals surface area contributed by atoms with E-state index < -0.39 is 0 Å². The number of aryl methyl sites for hydroxylation is 1. The van der Waals surface area contributed by atoms with Crippen LogP contribution in [-0.2, 0) is 6.42 Å². The van der Waals surface area contributed by atoms with Crippen LogP contribution in [0, 0.1) is 5.41 Å². The highest BCUT2D eigenvalue weighted by molar-refractivity contribution is 7.99. The summed E-state index contributed by atoms with van der Waals surface area (Å²) in [7, 11) is 1.60. The van der Waals surface area contributed by atoms with Crippen molar-refractivity contribution in [3.63, 3.8) is 0 Å². The van der Waals surface area contributed by atoms with Gasteiger partial charge in [0.25, 0.3) is 5.56 Å². The Kier molecular flexibility index (Phi) is 6.87. The summed E-state index contributed by atoms with van der Waals surface area (Å²) in [5, 5.41) is 0.425. The van der Waals surface area contributed by atoms with Gasteiger partial charge in [0.1, 0.15) is 0 Å². The molecule has 0 aliphatic heterocycles. The molecule has 0 amide bonds. The van der Waals surface area contributed by atoms with E-state index in [-0.39, 0.29) is 11.0 Å². The molecule has 0 bridgehead atoms. The molecular weight excluding hydrogens is 396 g/mol. The second-order valence-corrected chi connectivity index (χ2v) is 9.25. The fraction of sp³-hybridized carbons (Fsp3) is 0.333. The zero-order valence-electron chi connectivity index (χ0n) is 18.1. The zero-order chi connectivity index (χ0) is 21.7. The summed E-state index contributed by atoms with van der Waals surface area (Å²) in [5.74, 6) is 1.24. The second kappa shape index (κ2) is 9.39. The molecule has 3 aromatic rings. The molecular formula is C24H28N2O3S. The van der Waals surface area contributed by atoms with Crippen molar-refractivity contribution in [3.05, 3.63) is 70.8 Å². The van der Waals surface area contributed by atoms with Gasteiger partial charge in [-0.05, 0) is 41.7 Å². The topological polar surface area (TPSA) is 53.4 Å². The number of hydrogen-bond donors (Lipinski definition) is 0. The second-order valence-electron chi connectivity index (χ2n) is 8.19. The normalized spacial score (nSPS) is 11.4. The lowest BCUT2D eigenvalue weighted by molar-refractivity contribution is 0.191. The van der Waals surface area contributed by atoms with Crippen LogP contribution in [0.3, 0.4) is 0 Å². The monoisotopic (exact) mass is 424 g/mol. The third-order valence-corrected chi connectivity index (χ3v) is 5.42. The summed E-state index contributed by atoms with van der Waals surface area (Å²) in [6, 6.07) is 13.7. The van der Waals surface area contributed by atoms with Gasteiger partial charge in [0.05, 0.1) is 19.4 Å². The van der Waals surface area contributed by atoms with Crippen LogP contribution in [0.2, 0.25) is 0 Å². The minimum Gasteiger partial charge on any atom is -0.493 e. The maximum Gasteiger partial charge on any atom is 0.287 e. The Morgan fingerprint density at radius 3 is 2.43 bits per heavy atom. The van der Waals surface area contributed by atoms with E-state index in [1.165, 1.54) is 17.3 Å². The standard InChI is InChI=1S/C24H28N2O3S/c1-6-17-7-10-19(11-8-17)30-22-23(27)26(14-13-25-22)18-9-12-20(21(15-18)28-5)29-16-24(2,3)4/h7-15H,6,16H2,1-5H3. The van der Waals surface area contributed by atoms with Gasteiger partial charge in [-0.15, -0.1) is 0 Å². The highest BCUT2D eigenvalue weighted by Gasteiger charge is 2.15. The predicted molar refractivity (Wildman–Crippen MR) is 121 cm³/mol. The first-order valence-electron chi connectivity index (χ1n) is 9.96. The summed E-state index contributed by atoms with van der Waals surface area (Å²) >= 11 is 1.37. The van der Waals surface area contributed by atoms with Crippen LogP contribution in [0.5, 0.6) is 11.5 Å². The van der Waals surface area contributed by atoms with Gasteiger partial charge in [-0.3, -0.25) is 9.36 Å². The number of ether oxygens (including phenoxy) is 2. The largest absolute Gasteiger partial charge is 0.493 e. The number of aromatic nitrogens is 2. The van der Waals surface area contributed by atoms with Crippen molar-refractivity contribution in [2.24, 2.45) is 5.41 Å². The molecule has 1 aromatic heterocycles. The van der Waals surface area contributed by atoms with E-state index in [0.717, 1.165) is 11.3 Å². The lowest BCUT2D eigenvalue weighted by Crippen LogP contribution is -2.20. The van der Waals surface area contributed by atoms with Crippen molar-refractivity contribution in [2.75, 3.05) is 13.7 Å². The number of rotatable bonds is 7. The van der Waals surface area contributed by atoms with Gasteiger partial charge in [0.15, 0.2) is 16.5 Å². The zero-order valence-corrected chi connectivity index (χ0v) is 19.0. The molecule has 0 unspecified atom stereocenters. The van der Waals surface area contributed by atoms with Gasteiger partial charge in [-0.2, -0.15) is 0 Å². The van der Waals surface area contributed by atoms with Gasteiger partial charge in [-0.1, -0.05) is 51.6 Å². The number of hydrogen-bond acceptors (Lipinski definition) is 5. The van der Waals surface area contributed by atoms with Gasteiger partial charge >= 0.3 is 0 Å². The molecule has 0 saturated heterocycles. The molecule has 30 heavy (non-hydrogen) atoms. The van der Waals surface area contributed by atoms with Crippen LogP contribution < -0.4 is 15.0 Å². The van der Waals surface area contributed by atoms with Crippen molar-refractivity contribution < 1.29 is 9.47 Å². The van der Waals surface area contributed by atoms with Crippen LogP contribution >= 0.6 is 11.8 Å². The highest BCUT2D eigenvalue weighted by atomic mass is 32.2. The first-order valence-corrected chi connectivity index (χ1v) is 10.8. The van der Waals surface area contributed by atoms with Crippen molar-refractivity contribution in [1.82, 2.24) is 9.55 Å². The molecule has 0 atom stereocenters. The Morgan fingerprint density at radius 2 is 1.80 bits per heavy atom. The molecule has 0 saturated carbocycles. The van der Waals surface area contributed by atoms with Crippen molar-refractivity contribution in [1.29, 1.82) is 0 Å². The molecule has 5 nitrogen and oxygen atoms in total. The van der Waals surface area contributed by atoms with Gasteiger partial charge in [-0.25, -0.2) is 4.98 Å². The summed E-state index contributed by atoms with van der Waals surface area (Å²) in [6.45, 7) is 9.01. The average molecular weight is 425 g/mol. The summed E-state index contributed by atoms with van der Waals surface area (Å²) in [6.07, 6.45) is 4.29. The Morgan fingerprint density at radius 1 is 1.07 bits per heavy atom. The van der Waals surface area contributed by atoms with Crippen LogP contribution in [0.4, 0.5) is 0 Å². The van der Waals surface area contributed by atoms with E-state index in [2.05, 4.69) is 44.8 Å². The molecule has 0 fully saturated rings. The Bertz CT molecular complexity index is 1050. The van der Waals surface area contributed by atoms with E-state index in [4.69, 9.17) is 9.47 Å². The molecule has 0 aliphatic rings. The van der Waals surface area contributed by atoms with Crippen molar-refractivity contribution in [2.45, 2.75) is 44.0 Å². The Labute approximate surface area is 182 Å². The smallest absolute Gasteiger partial charge is 0.287 e. The summed E-state index contributed by atoms with van der Waals surface area (Å²) in [5.41, 5.74) is 1.82. The van der Waals surface area contributed by atoms with E-state index >= 15 is 0 Å². The third kappa shape index (κ3) is 5.45. The molecule has 2 aromatic carbocycles. The van der Waals surface area contributed by atoms with Crippen molar-refractivity contribution in [3.8, 4) is 17.2 Å². The van der Waals surface area contributed by atoms with Gasteiger partial charge in [0.2, 0.25) is 0 Å². The molecule has 6 heteroatoms. The van der Waals surface area contributed by atoms with Crippen molar-refractivity contribution >= 4 is 11.8 Å². The third-order valence-electron chi connectivity index (χ3n) is 4.44. The Balaban J connectivity index is 1.88. The van der Waals surface area contributed by atoms with Gasteiger partial charge in [0, 0.05) is 23.4 Å². The SMILES string of the molecule is CCc1ccc(Sc2nccn(-c3ccc(OCC(C)(C)C)c(OC)c3)c2=O)cc1. The van der Waals surface area contributed by atoms with Crippen LogP contribution in [-0.4, -0.2) is 23.3 Å². The predicted octanol–water partition coefficient (Wildman–Crippen LogP) is 5.38. The minimum atomic E-state index is -0.174. The molecule has 0 radical (unpaired) electrons. The number of benzene rings is 2. The first-order chi connectivity index (χ1) is 14.3. The minimum absolute atomic E-state index is 0.0349. The van der Waals surface area contributed by atoms with E-state index in [9.17, 15) is 4.79 Å². The highest BCUT2D eigenvalue weighted by Crippen LogP contribution is 2.31. The van der Waals surface area contributed by atoms with E-state index in [0.29, 0.717) is 28.8 Å². The first kappa shape index (κ1) is 22.0. The van der Waals surface area contributed by atoms with E-state index in [1.54, 1.807) is 24.1 Å². The van der Waals surface area contributed by atoms with Gasteiger partial charge < -0.3 is 9.47 Å². The van der Waals surface area contributed by atoms with Crippen LogP contribution in [0.15, 0.2) is 69.6 Å². The maximum absolute atomic E-state index is 13.0. The quantitative estimate of drug-likeness (QED) is 0.510. The molecule has 0 spiro atoms. The lowest BCUT2D eigenvalue weighted by atomic mass is 9.99. The fourth-order valence-electron chi connectivity index (χ4n) is 2.79. The number of nitrogens with zero attached hydrogens (tertiary/aromatic N) is 2. The molecule has 0 N–H and O–H groups in total. The fourth-order valence-corrected chi connectivity index (χ4v) is 3.59. The Hall–Kier alpha value is -2.73. The molecule has 1 heterocycles. The lowest BCUT2D eigenvalue weighted by Gasteiger charge is -2.20. The summed E-state index contributed by atoms with van der Waals surface area (Å²) in [4.78, 5) is 18.3. The van der Waals surface area contributed by atoms with Crippen LogP contribution in [0.1, 0.15) is 33.3 Å². The summed E-state index contributed by atoms with van der Waals surface area (Å²) < 4.78 is 13.0. The van der Waals surface area contributed by atoms with Crippen LogP contribution in [0.25, 0.3) is 5.69 Å². The molecule has 0 aliphatic carbocycles. The molecule has 158 valence electrons. The number of methoxy groups -OCH3 is 1. The average Bonchev–Trinajstić information content (AvgIpc) is 2.73. The van der Waals surface area contributed by atoms with E-state index in [1.807, 2.05) is 30.3 Å². The molecule has 3 rings (SSSR count). The maximum atomic E-state index is 13.0.